The number of aldehydes is 1. The lowest BCUT2D eigenvalue weighted by molar-refractivity contribution is 0.112. The van der Waals surface area contributed by atoms with Crippen molar-refractivity contribution in [3.8, 4) is 0 Å². The maximum atomic E-state index is 11.1. The van der Waals surface area contributed by atoms with Crippen molar-refractivity contribution in [1.82, 2.24) is 14.3 Å². The zero-order valence-corrected chi connectivity index (χ0v) is 13.6. The first-order chi connectivity index (χ1) is 10.2. The van der Waals surface area contributed by atoms with Crippen molar-refractivity contribution >= 4 is 33.1 Å². The van der Waals surface area contributed by atoms with Crippen LogP contribution in [-0.4, -0.2) is 20.6 Å². The lowest BCUT2D eigenvalue weighted by Gasteiger charge is -2.07. The summed E-state index contributed by atoms with van der Waals surface area (Å²) in [7, 11) is 1.96. The van der Waals surface area contributed by atoms with Crippen LogP contribution in [0.1, 0.15) is 28.7 Å². The van der Waals surface area contributed by atoms with Gasteiger partial charge in [-0.05, 0) is 34.5 Å². The van der Waals surface area contributed by atoms with Crippen molar-refractivity contribution in [2.24, 2.45) is 7.05 Å². The van der Waals surface area contributed by atoms with Gasteiger partial charge in [0, 0.05) is 29.7 Å². The average Bonchev–Trinajstić information content (AvgIpc) is 3.03. The zero-order valence-electron chi connectivity index (χ0n) is 12.0. The number of aryl methyl sites for hydroxylation is 2. The smallest absolute Gasteiger partial charge is 0.150 e. The summed E-state index contributed by atoms with van der Waals surface area (Å²) in [6, 6.07) is 7.78. The number of carbonyl (C=O) groups is 1. The number of carbonyl (C=O) groups excluding carboxylic acids is 1. The van der Waals surface area contributed by atoms with E-state index in [0.717, 1.165) is 51.6 Å². The molecule has 0 unspecified atom stereocenters. The predicted octanol–water partition coefficient (Wildman–Crippen LogP) is 3.56. The summed E-state index contributed by atoms with van der Waals surface area (Å²) in [5, 5.41) is 5.51. The van der Waals surface area contributed by atoms with Gasteiger partial charge in [-0.25, -0.2) is 0 Å². The molecule has 2 heterocycles. The summed E-state index contributed by atoms with van der Waals surface area (Å²) in [6.07, 6.45) is 3.82. The third kappa shape index (κ3) is 2.31. The van der Waals surface area contributed by atoms with Gasteiger partial charge in [-0.3, -0.25) is 9.48 Å². The molecule has 0 saturated heterocycles. The van der Waals surface area contributed by atoms with Crippen LogP contribution in [0.4, 0.5) is 0 Å². The van der Waals surface area contributed by atoms with Crippen LogP contribution in [0.2, 0.25) is 0 Å². The number of hydrogen-bond donors (Lipinski definition) is 0. The normalized spacial score (nSPS) is 11.2. The maximum absolute atomic E-state index is 11.1. The molecule has 0 aliphatic carbocycles. The molecule has 0 fully saturated rings. The molecule has 1 aromatic carbocycles. The zero-order chi connectivity index (χ0) is 15.0. The van der Waals surface area contributed by atoms with Gasteiger partial charge in [0.05, 0.1) is 22.4 Å². The molecule has 0 aliphatic heterocycles. The van der Waals surface area contributed by atoms with Crippen LogP contribution in [0.15, 0.2) is 34.9 Å². The lowest BCUT2D eigenvalue weighted by atomic mass is 10.1. The van der Waals surface area contributed by atoms with Gasteiger partial charge in [-0.15, -0.1) is 0 Å². The van der Waals surface area contributed by atoms with Crippen LogP contribution >= 0.6 is 15.9 Å². The monoisotopic (exact) mass is 345 g/mol. The van der Waals surface area contributed by atoms with Gasteiger partial charge in [0.1, 0.15) is 0 Å². The number of hydrogen-bond acceptors (Lipinski definition) is 2. The molecule has 3 aromatic rings. The minimum absolute atomic E-state index is 0.718. The second-order valence-corrected chi connectivity index (χ2v) is 5.82. The van der Waals surface area contributed by atoms with Crippen molar-refractivity contribution in [2.45, 2.75) is 19.9 Å². The summed E-state index contributed by atoms with van der Waals surface area (Å²) >= 11 is 3.65. The molecular weight excluding hydrogens is 330 g/mol. The Bertz CT molecular complexity index is 816. The summed E-state index contributed by atoms with van der Waals surface area (Å²) in [5.74, 6) is 0. The Balaban J connectivity index is 2.07. The van der Waals surface area contributed by atoms with Crippen molar-refractivity contribution in [3.05, 3.63) is 51.9 Å². The molecule has 4 nitrogen and oxygen atoms in total. The van der Waals surface area contributed by atoms with Crippen LogP contribution in [0.3, 0.4) is 0 Å². The molecule has 0 spiro atoms. The summed E-state index contributed by atoms with van der Waals surface area (Å²) in [5.41, 5.74) is 3.98. The number of halogens is 1. The molecule has 5 heteroatoms. The van der Waals surface area contributed by atoms with E-state index in [1.807, 2.05) is 42.2 Å². The molecule has 0 aliphatic rings. The SMILES string of the molecule is CCc1nn(C)c(Cn2ccc3c(C=O)cccc32)c1Br. The topological polar surface area (TPSA) is 39.8 Å². The van der Waals surface area contributed by atoms with E-state index in [0.29, 0.717) is 0 Å². The third-order valence-electron chi connectivity index (χ3n) is 3.80. The first kappa shape index (κ1) is 14.1. The summed E-state index contributed by atoms with van der Waals surface area (Å²) < 4.78 is 5.13. The van der Waals surface area contributed by atoms with E-state index in [4.69, 9.17) is 0 Å². The van der Waals surface area contributed by atoms with Gasteiger partial charge in [-0.1, -0.05) is 19.1 Å². The molecule has 0 atom stereocenters. The van der Waals surface area contributed by atoms with Gasteiger partial charge in [0.15, 0.2) is 6.29 Å². The Morgan fingerprint density at radius 1 is 1.33 bits per heavy atom. The van der Waals surface area contributed by atoms with Crippen LogP contribution in [0.5, 0.6) is 0 Å². The van der Waals surface area contributed by atoms with Crippen molar-refractivity contribution < 1.29 is 4.79 Å². The van der Waals surface area contributed by atoms with E-state index < -0.39 is 0 Å². The number of rotatable bonds is 4. The van der Waals surface area contributed by atoms with E-state index in [2.05, 4.69) is 32.5 Å². The van der Waals surface area contributed by atoms with Crippen molar-refractivity contribution in [1.29, 1.82) is 0 Å². The first-order valence-electron chi connectivity index (χ1n) is 6.89. The van der Waals surface area contributed by atoms with Crippen molar-refractivity contribution in [2.75, 3.05) is 0 Å². The second kappa shape index (κ2) is 5.48. The minimum Gasteiger partial charge on any atom is -0.341 e. The number of fused-ring (bicyclic) bond motifs is 1. The highest BCUT2D eigenvalue weighted by molar-refractivity contribution is 9.10. The molecule has 0 radical (unpaired) electrons. The Morgan fingerprint density at radius 2 is 2.14 bits per heavy atom. The molecule has 0 amide bonds. The average molecular weight is 346 g/mol. The fourth-order valence-electron chi connectivity index (χ4n) is 2.64. The molecule has 2 aromatic heterocycles. The highest BCUT2D eigenvalue weighted by Crippen LogP contribution is 2.25. The fourth-order valence-corrected chi connectivity index (χ4v) is 3.38. The number of nitrogens with zero attached hydrogens (tertiary/aromatic N) is 3. The van der Waals surface area contributed by atoms with E-state index in [-0.39, 0.29) is 0 Å². The largest absolute Gasteiger partial charge is 0.341 e. The highest BCUT2D eigenvalue weighted by Gasteiger charge is 2.14. The van der Waals surface area contributed by atoms with Crippen LogP contribution in [-0.2, 0) is 20.0 Å². The Kier molecular flexibility index (Phi) is 3.68. The van der Waals surface area contributed by atoms with E-state index in [1.54, 1.807) is 0 Å². The summed E-state index contributed by atoms with van der Waals surface area (Å²) in [6.45, 7) is 2.81. The second-order valence-electron chi connectivity index (χ2n) is 5.03. The number of aromatic nitrogens is 3. The standard InChI is InChI=1S/C16H16BrN3O/c1-3-13-16(17)15(19(2)18-13)9-20-8-7-12-11(10-21)5-4-6-14(12)20/h4-8,10H,3,9H2,1-2H3. The molecule has 0 N–H and O–H groups in total. The molecule has 3 rings (SSSR count). The van der Waals surface area contributed by atoms with E-state index >= 15 is 0 Å². The lowest BCUT2D eigenvalue weighted by Crippen LogP contribution is -2.05. The van der Waals surface area contributed by atoms with Gasteiger partial charge in [0.2, 0.25) is 0 Å². The Labute approximate surface area is 131 Å². The van der Waals surface area contributed by atoms with Gasteiger partial charge in [-0.2, -0.15) is 5.10 Å². The van der Waals surface area contributed by atoms with Gasteiger partial charge >= 0.3 is 0 Å². The van der Waals surface area contributed by atoms with E-state index in [9.17, 15) is 4.79 Å². The van der Waals surface area contributed by atoms with Crippen LogP contribution < -0.4 is 0 Å². The first-order valence-corrected chi connectivity index (χ1v) is 7.68. The number of benzene rings is 1. The predicted molar refractivity (Wildman–Crippen MR) is 86.7 cm³/mol. The molecule has 0 saturated carbocycles. The quantitative estimate of drug-likeness (QED) is 0.678. The Hall–Kier alpha value is -1.88. The van der Waals surface area contributed by atoms with Crippen LogP contribution in [0, 0.1) is 0 Å². The summed E-state index contributed by atoms with van der Waals surface area (Å²) in [4.78, 5) is 11.1. The third-order valence-corrected chi connectivity index (χ3v) is 4.71. The Morgan fingerprint density at radius 3 is 2.81 bits per heavy atom. The molecule has 21 heavy (non-hydrogen) atoms. The minimum atomic E-state index is 0.718. The van der Waals surface area contributed by atoms with E-state index in [1.165, 1.54) is 0 Å². The molecular formula is C16H16BrN3O. The molecule has 108 valence electrons. The van der Waals surface area contributed by atoms with Gasteiger partial charge in [0.25, 0.3) is 0 Å². The van der Waals surface area contributed by atoms with Crippen molar-refractivity contribution in [3.63, 3.8) is 0 Å². The maximum Gasteiger partial charge on any atom is 0.150 e. The van der Waals surface area contributed by atoms with Gasteiger partial charge < -0.3 is 4.57 Å². The fraction of sp³-hybridized carbons (Fsp3) is 0.250. The highest BCUT2D eigenvalue weighted by atomic mass is 79.9. The molecule has 0 bridgehead atoms. The van der Waals surface area contributed by atoms with Crippen LogP contribution in [0.25, 0.3) is 10.9 Å².